The van der Waals surface area contributed by atoms with E-state index < -0.39 is 5.79 Å². The van der Waals surface area contributed by atoms with Gasteiger partial charge in [-0.2, -0.15) is 0 Å². The van der Waals surface area contributed by atoms with Gasteiger partial charge in [0.25, 0.3) is 0 Å². The van der Waals surface area contributed by atoms with Gasteiger partial charge in [0.1, 0.15) is 12.0 Å². The maximum atomic E-state index is 5.65. The fraction of sp³-hybridized carbons (Fsp3) is 0.600. The molecule has 1 fully saturated rings. The van der Waals surface area contributed by atoms with E-state index in [0.717, 1.165) is 24.9 Å². The molecule has 21 heavy (non-hydrogen) atoms. The Kier molecular flexibility index (Phi) is 8.98. The first-order valence-electron chi connectivity index (χ1n) is 6.49. The average Bonchev–Trinajstić information content (AvgIpc) is 2.79. The Hall–Kier alpha value is -1.17. The van der Waals surface area contributed by atoms with E-state index in [2.05, 4.69) is 44.2 Å². The lowest BCUT2D eigenvalue weighted by Crippen LogP contribution is -2.21. The third-order valence-corrected chi connectivity index (χ3v) is 2.65. The summed E-state index contributed by atoms with van der Waals surface area (Å²) < 4.78 is 15.7. The van der Waals surface area contributed by atoms with Gasteiger partial charge < -0.3 is 9.47 Å². The smallest absolute Gasteiger partial charge is 0.163 e. The van der Waals surface area contributed by atoms with E-state index in [1.54, 1.807) is 6.92 Å². The molecule has 0 spiro atoms. The lowest BCUT2D eigenvalue weighted by atomic mass is 10.2. The van der Waals surface area contributed by atoms with E-state index in [1.165, 1.54) is 0 Å². The molecule has 1 aliphatic rings. The molecule has 0 saturated carbocycles. The molecule has 0 N–H and O–H groups in total. The first kappa shape index (κ1) is 17.9. The van der Waals surface area contributed by atoms with Gasteiger partial charge >= 0.3 is 0 Å². The Labute approximate surface area is 130 Å². The minimum atomic E-state index is -0.480. The second-order valence-electron chi connectivity index (χ2n) is 4.49. The molecule has 1 heterocycles. The highest BCUT2D eigenvalue weighted by Gasteiger charge is 2.31. The molecule has 0 bridgehead atoms. The Morgan fingerprint density at radius 3 is 2.76 bits per heavy atom. The highest BCUT2D eigenvalue weighted by molar-refractivity contribution is 7.99. The molecule has 0 radical (unpaired) electrons. The van der Waals surface area contributed by atoms with Crippen LogP contribution in [0, 0.1) is 34.9 Å². The van der Waals surface area contributed by atoms with Crippen LogP contribution in [0.5, 0.6) is 0 Å². The van der Waals surface area contributed by atoms with Gasteiger partial charge in [-0.1, -0.05) is 11.0 Å². The Balaban J connectivity index is 1.91. The van der Waals surface area contributed by atoms with Crippen LogP contribution in [0.25, 0.3) is 0 Å². The summed E-state index contributed by atoms with van der Waals surface area (Å²) in [6.45, 7) is 6.52. The van der Waals surface area contributed by atoms with Crippen molar-refractivity contribution in [1.29, 1.82) is 0 Å². The second-order valence-corrected chi connectivity index (χ2v) is 4.99. The van der Waals surface area contributed by atoms with Crippen LogP contribution in [-0.2, 0) is 23.7 Å². The molecule has 1 saturated heterocycles. The van der Waals surface area contributed by atoms with Crippen molar-refractivity contribution in [3.8, 4) is 34.9 Å². The third-order valence-electron chi connectivity index (χ3n) is 2.34. The summed E-state index contributed by atoms with van der Waals surface area (Å²) in [6.07, 6.45) is 1.73. The van der Waals surface area contributed by atoms with Crippen molar-refractivity contribution in [2.45, 2.75) is 45.5 Å². The summed E-state index contributed by atoms with van der Waals surface area (Å²) in [5.74, 6) is 12.3. The van der Waals surface area contributed by atoms with E-state index in [4.69, 9.17) is 14.4 Å². The van der Waals surface area contributed by atoms with Gasteiger partial charge in [-0.05, 0) is 51.4 Å². The van der Waals surface area contributed by atoms with Crippen molar-refractivity contribution in [3.63, 3.8) is 0 Å². The third kappa shape index (κ3) is 9.39. The zero-order chi connectivity index (χ0) is 15.4. The van der Waals surface area contributed by atoms with Crippen LogP contribution in [0.2, 0.25) is 0 Å². The van der Waals surface area contributed by atoms with E-state index in [1.807, 2.05) is 13.8 Å². The summed E-state index contributed by atoms with van der Waals surface area (Å²) in [5, 5.41) is 7.03. The topological polar surface area (TPSA) is 46.2 Å². The zero-order valence-corrected chi connectivity index (χ0v) is 13.2. The van der Waals surface area contributed by atoms with Crippen LogP contribution in [-0.4, -0.2) is 25.1 Å². The van der Waals surface area contributed by atoms with Gasteiger partial charge in [0.05, 0.1) is 19.3 Å². The quantitative estimate of drug-likeness (QED) is 0.237. The zero-order valence-electron chi connectivity index (χ0n) is 12.4. The number of ether oxygens (including phenoxy) is 2. The van der Waals surface area contributed by atoms with Crippen molar-refractivity contribution in [2.24, 2.45) is 0 Å². The fourth-order valence-corrected chi connectivity index (χ4v) is 1.72. The molecule has 1 rings (SSSR count). The highest BCUT2D eigenvalue weighted by atomic mass is 32.2. The van der Waals surface area contributed by atoms with Gasteiger partial charge in [-0.25, -0.2) is 4.89 Å². The molecule has 1 unspecified atom stereocenters. The fourth-order valence-electron chi connectivity index (χ4n) is 1.53. The molecule has 1 aliphatic heterocycles. The summed E-state index contributed by atoms with van der Waals surface area (Å²) in [7, 11) is 0. The molecule has 0 amide bonds. The summed E-state index contributed by atoms with van der Waals surface area (Å²) in [5.41, 5.74) is 0. The van der Waals surface area contributed by atoms with Crippen LogP contribution in [0.15, 0.2) is 0 Å². The van der Waals surface area contributed by atoms with Crippen LogP contribution in [0.3, 0.4) is 0 Å². The Morgan fingerprint density at radius 1 is 1.24 bits per heavy atom. The van der Waals surface area contributed by atoms with Gasteiger partial charge in [-0.3, -0.25) is 0 Å². The minimum absolute atomic E-state index is 0.106. The normalized spacial score (nSPS) is 18.7. The maximum Gasteiger partial charge on any atom is 0.163 e. The molecule has 0 aromatic rings. The molecule has 0 aromatic carbocycles. The van der Waals surface area contributed by atoms with Crippen molar-refractivity contribution in [1.82, 2.24) is 0 Å². The van der Waals surface area contributed by atoms with Crippen molar-refractivity contribution >= 4 is 12.0 Å². The molecule has 114 valence electrons. The monoisotopic (exact) mass is 310 g/mol. The van der Waals surface area contributed by atoms with Crippen LogP contribution in [0.1, 0.15) is 33.6 Å². The van der Waals surface area contributed by atoms with Gasteiger partial charge in [0, 0.05) is 11.2 Å². The van der Waals surface area contributed by atoms with E-state index in [-0.39, 0.29) is 6.10 Å². The first-order valence-corrected chi connectivity index (χ1v) is 7.23. The molecular weight excluding hydrogens is 292 g/mol. The molecule has 5 nitrogen and oxygen atoms in total. The molecule has 0 aromatic heterocycles. The van der Waals surface area contributed by atoms with Gasteiger partial charge in [-0.15, -0.1) is 4.33 Å². The highest BCUT2D eigenvalue weighted by Crippen LogP contribution is 2.24. The summed E-state index contributed by atoms with van der Waals surface area (Å²) in [6, 6.07) is 0. The lowest BCUT2D eigenvalue weighted by molar-refractivity contribution is -0.460. The predicted molar refractivity (Wildman–Crippen MR) is 78.9 cm³/mol. The lowest BCUT2D eigenvalue weighted by Gasteiger charge is -2.16. The molecule has 0 aliphatic carbocycles. The number of hydrogen-bond acceptors (Lipinski definition) is 6. The number of rotatable bonds is 7. The van der Waals surface area contributed by atoms with E-state index in [0.29, 0.717) is 13.2 Å². The summed E-state index contributed by atoms with van der Waals surface area (Å²) in [4.78, 5) is 4.82. The summed E-state index contributed by atoms with van der Waals surface area (Å²) >= 11 is 0.791. The Bertz CT molecular complexity index is 483. The van der Waals surface area contributed by atoms with Crippen LogP contribution >= 0.6 is 12.0 Å². The van der Waals surface area contributed by atoms with Crippen LogP contribution < -0.4 is 0 Å². The Morgan fingerprint density at radius 2 is 2.05 bits per heavy atom. The standard InChI is InChI=1S/C15H18O5S/c1-4-5-6-7-8-12-21-20-19-17-11-9-10-14-13-16-15(2,3)18-14/h14H,9-11,13H2,1-3H3. The molecule has 1 atom stereocenters. The van der Waals surface area contributed by atoms with Crippen molar-refractivity contribution in [3.05, 3.63) is 0 Å². The first-order chi connectivity index (χ1) is 10.1. The van der Waals surface area contributed by atoms with Crippen LogP contribution in [0.4, 0.5) is 0 Å². The number of hydrogen-bond donors (Lipinski definition) is 0. The van der Waals surface area contributed by atoms with E-state index >= 15 is 0 Å². The van der Waals surface area contributed by atoms with Gasteiger partial charge in [0.15, 0.2) is 5.79 Å². The molecule has 6 heteroatoms. The maximum absolute atomic E-state index is 5.65. The SMILES string of the molecule is CC#CC#CC#CSOOOCCCC1COC(C)(C)O1. The largest absolute Gasteiger partial charge is 0.348 e. The van der Waals surface area contributed by atoms with Gasteiger partial charge in [0.2, 0.25) is 0 Å². The average molecular weight is 310 g/mol. The molecular formula is C15H18O5S. The minimum Gasteiger partial charge on any atom is -0.348 e. The second kappa shape index (κ2) is 10.5. The van der Waals surface area contributed by atoms with Crippen molar-refractivity contribution in [2.75, 3.05) is 13.2 Å². The van der Waals surface area contributed by atoms with E-state index in [9.17, 15) is 0 Å². The van der Waals surface area contributed by atoms with Crippen molar-refractivity contribution < 1.29 is 23.7 Å². The predicted octanol–water partition coefficient (Wildman–Crippen LogP) is 2.43.